The monoisotopic (exact) mass is 330 g/mol. The quantitative estimate of drug-likeness (QED) is 0.815. The third-order valence-corrected chi connectivity index (χ3v) is 4.05. The summed E-state index contributed by atoms with van der Waals surface area (Å²) < 4.78 is 7.91. The van der Waals surface area contributed by atoms with Crippen molar-refractivity contribution in [3.8, 4) is 5.75 Å². The highest BCUT2D eigenvalue weighted by Gasteiger charge is 2.21. The highest BCUT2D eigenvalue weighted by Crippen LogP contribution is 2.30. The van der Waals surface area contributed by atoms with Crippen molar-refractivity contribution in [2.45, 2.75) is 60.5 Å². The Morgan fingerprint density at radius 2 is 1.92 bits per heavy atom. The molecule has 0 saturated heterocycles. The van der Waals surface area contributed by atoms with Gasteiger partial charge in [-0.15, -0.1) is 0 Å². The third-order valence-electron chi connectivity index (χ3n) is 4.05. The van der Waals surface area contributed by atoms with Gasteiger partial charge in [-0.3, -0.25) is 4.79 Å². The Morgan fingerprint density at radius 3 is 2.50 bits per heavy atom. The number of hydrogen-bond acceptors (Lipinski definition) is 3. The van der Waals surface area contributed by atoms with E-state index in [2.05, 4.69) is 27.7 Å². The molecule has 0 aliphatic heterocycles. The first-order valence-corrected chi connectivity index (χ1v) is 8.77. The van der Waals surface area contributed by atoms with Crippen LogP contribution in [-0.2, 0) is 13.1 Å². The SMILES string of the molecule is CCCCOc1c(CN)n(CC(C)(C)C)c(=O)c2ccc(C)cc12. The summed E-state index contributed by atoms with van der Waals surface area (Å²) in [6.45, 7) is 12.1. The van der Waals surface area contributed by atoms with E-state index >= 15 is 0 Å². The van der Waals surface area contributed by atoms with E-state index in [1.807, 2.05) is 25.1 Å². The largest absolute Gasteiger partial charge is 0.491 e. The molecular formula is C20H30N2O2. The number of nitrogens with two attached hydrogens (primary N) is 1. The molecule has 0 aliphatic carbocycles. The van der Waals surface area contributed by atoms with Gasteiger partial charge < -0.3 is 15.0 Å². The van der Waals surface area contributed by atoms with Crippen molar-refractivity contribution in [3.63, 3.8) is 0 Å². The van der Waals surface area contributed by atoms with E-state index in [-0.39, 0.29) is 17.5 Å². The fraction of sp³-hybridized carbons (Fsp3) is 0.550. The number of unbranched alkanes of at least 4 members (excludes halogenated alkanes) is 1. The van der Waals surface area contributed by atoms with Gasteiger partial charge in [-0.25, -0.2) is 0 Å². The summed E-state index contributed by atoms with van der Waals surface area (Å²) in [4.78, 5) is 13.0. The molecule has 1 aromatic carbocycles. The second-order valence-corrected chi connectivity index (χ2v) is 7.68. The van der Waals surface area contributed by atoms with E-state index in [1.165, 1.54) is 0 Å². The highest BCUT2D eigenvalue weighted by atomic mass is 16.5. The van der Waals surface area contributed by atoms with Crippen LogP contribution < -0.4 is 16.0 Å². The smallest absolute Gasteiger partial charge is 0.258 e. The van der Waals surface area contributed by atoms with Crippen molar-refractivity contribution >= 4 is 10.8 Å². The zero-order valence-electron chi connectivity index (χ0n) is 15.6. The van der Waals surface area contributed by atoms with Crippen LogP contribution in [0.4, 0.5) is 0 Å². The van der Waals surface area contributed by atoms with Crippen molar-refractivity contribution in [1.82, 2.24) is 4.57 Å². The average molecular weight is 330 g/mol. The molecule has 0 unspecified atom stereocenters. The Bertz CT molecular complexity index is 770. The Hall–Kier alpha value is -1.81. The van der Waals surface area contributed by atoms with Crippen LogP contribution in [0.2, 0.25) is 0 Å². The zero-order chi connectivity index (χ0) is 17.9. The van der Waals surface area contributed by atoms with E-state index in [9.17, 15) is 4.79 Å². The summed E-state index contributed by atoms with van der Waals surface area (Å²) in [6, 6.07) is 5.90. The second-order valence-electron chi connectivity index (χ2n) is 7.68. The van der Waals surface area contributed by atoms with Gasteiger partial charge in [-0.1, -0.05) is 45.7 Å². The van der Waals surface area contributed by atoms with E-state index in [0.29, 0.717) is 18.5 Å². The van der Waals surface area contributed by atoms with Crippen LogP contribution >= 0.6 is 0 Å². The van der Waals surface area contributed by atoms with Crippen molar-refractivity contribution in [1.29, 1.82) is 0 Å². The molecule has 0 atom stereocenters. The minimum absolute atomic E-state index is 0.0169. The van der Waals surface area contributed by atoms with E-state index in [1.54, 1.807) is 4.57 Å². The highest BCUT2D eigenvalue weighted by molar-refractivity contribution is 5.89. The molecule has 2 aromatic rings. The first-order valence-electron chi connectivity index (χ1n) is 8.77. The van der Waals surface area contributed by atoms with Crippen LogP contribution in [0.15, 0.2) is 23.0 Å². The van der Waals surface area contributed by atoms with Crippen LogP contribution in [0.1, 0.15) is 51.8 Å². The summed E-state index contributed by atoms with van der Waals surface area (Å²) in [5, 5.41) is 1.58. The Morgan fingerprint density at radius 1 is 1.21 bits per heavy atom. The van der Waals surface area contributed by atoms with Gasteiger partial charge in [0.05, 0.1) is 17.7 Å². The van der Waals surface area contributed by atoms with E-state index in [4.69, 9.17) is 10.5 Å². The summed E-state index contributed by atoms with van der Waals surface area (Å²) in [5.74, 6) is 0.772. The number of fused-ring (bicyclic) bond motifs is 1. The number of rotatable bonds is 6. The maximum Gasteiger partial charge on any atom is 0.258 e. The van der Waals surface area contributed by atoms with E-state index in [0.717, 1.165) is 35.2 Å². The average Bonchev–Trinajstić information content (AvgIpc) is 2.50. The molecular weight excluding hydrogens is 300 g/mol. The van der Waals surface area contributed by atoms with Gasteiger partial charge in [-0.2, -0.15) is 0 Å². The molecule has 0 bridgehead atoms. The Balaban J connectivity index is 2.74. The van der Waals surface area contributed by atoms with Crippen LogP contribution in [0, 0.1) is 12.3 Å². The van der Waals surface area contributed by atoms with Crippen LogP contribution in [0.3, 0.4) is 0 Å². The van der Waals surface area contributed by atoms with Gasteiger partial charge >= 0.3 is 0 Å². The molecule has 2 N–H and O–H groups in total. The van der Waals surface area contributed by atoms with Gasteiger partial charge in [0.1, 0.15) is 5.75 Å². The second kappa shape index (κ2) is 7.39. The third kappa shape index (κ3) is 3.99. The number of benzene rings is 1. The van der Waals surface area contributed by atoms with E-state index < -0.39 is 0 Å². The summed E-state index contributed by atoms with van der Waals surface area (Å²) >= 11 is 0. The molecule has 1 heterocycles. The van der Waals surface area contributed by atoms with Crippen LogP contribution in [0.5, 0.6) is 5.75 Å². The number of nitrogens with zero attached hydrogens (tertiary/aromatic N) is 1. The lowest BCUT2D eigenvalue weighted by atomic mass is 9.96. The molecule has 0 aliphatic rings. The number of aryl methyl sites for hydroxylation is 1. The van der Waals surface area contributed by atoms with Crippen LogP contribution in [-0.4, -0.2) is 11.2 Å². The number of pyridine rings is 1. The summed E-state index contributed by atoms with van der Waals surface area (Å²) in [5.41, 5.74) is 7.93. The van der Waals surface area contributed by atoms with Gasteiger partial charge in [0.2, 0.25) is 0 Å². The fourth-order valence-electron chi connectivity index (χ4n) is 2.90. The minimum Gasteiger partial charge on any atom is -0.491 e. The molecule has 0 amide bonds. The molecule has 0 fully saturated rings. The van der Waals surface area contributed by atoms with Crippen molar-refractivity contribution in [3.05, 3.63) is 39.8 Å². The molecule has 4 heteroatoms. The standard InChI is InChI=1S/C20H30N2O2/c1-6-7-10-24-18-16-11-14(2)8-9-15(16)19(23)22(17(18)12-21)13-20(3,4)5/h8-9,11H,6-7,10,12-13,21H2,1-5H3. The topological polar surface area (TPSA) is 57.2 Å². The Kier molecular flexibility index (Phi) is 5.70. The maximum atomic E-state index is 13.0. The molecule has 132 valence electrons. The van der Waals surface area contributed by atoms with Crippen molar-refractivity contribution in [2.24, 2.45) is 11.1 Å². The molecule has 1 aromatic heterocycles. The molecule has 24 heavy (non-hydrogen) atoms. The first kappa shape index (κ1) is 18.5. The lowest BCUT2D eigenvalue weighted by Crippen LogP contribution is -2.31. The maximum absolute atomic E-state index is 13.0. The van der Waals surface area contributed by atoms with Gasteiger partial charge in [0.25, 0.3) is 5.56 Å². The molecule has 0 radical (unpaired) electrons. The molecule has 2 rings (SSSR count). The zero-order valence-corrected chi connectivity index (χ0v) is 15.6. The number of aromatic nitrogens is 1. The van der Waals surface area contributed by atoms with Crippen molar-refractivity contribution in [2.75, 3.05) is 6.61 Å². The van der Waals surface area contributed by atoms with Gasteiger partial charge in [0.15, 0.2) is 0 Å². The Labute approximate surface area is 144 Å². The molecule has 0 spiro atoms. The predicted octanol–water partition coefficient (Wildman–Crippen LogP) is 3.99. The van der Waals surface area contributed by atoms with Crippen molar-refractivity contribution < 1.29 is 4.74 Å². The summed E-state index contributed by atoms with van der Waals surface area (Å²) in [6.07, 6.45) is 2.05. The lowest BCUT2D eigenvalue weighted by molar-refractivity contribution is 0.295. The molecule has 0 saturated carbocycles. The number of ether oxygens (including phenoxy) is 1. The van der Waals surface area contributed by atoms with Crippen LogP contribution in [0.25, 0.3) is 10.8 Å². The van der Waals surface area contributed by atoms with Gasteiger partial charge in [0, 0.05) is 18.5 Å². The normalized spacial score (nSPS) is 11.9. The fourth-order valence-corrected chi connectivity index (χ4v) is 2.90. The summed E-state index contributed by atoms with van der Waals surface area (Å²) in [7, 11) is 0. The predicted molar refractivity (Wildman–Crippen MR) is 101 cm³/mol. The minimum atomic E-state index is -0.0210. The number of hydrogen-bond donors (Lipinski definition) is 1. The lowest BCUT2D eigenvalue weighted by Gasteiger charge is -2.25. The van der Waals surface area contributed by atoms with Gasteiger partial charge in [-0.05, 0) is 30.9 Å². The first-order chi connectivity index (χ1) is 11.3. The molecule has 4 nitrogen and oxygen atoms in total.